The SMILES string of the molecule is CCC(=O)c1ccc(OCC(=O)OCC(=O)Nc2ccccc2Cc2ccccc2)cc1. The molecule has 0 spiro atoms. The molecule has 0 unspecified atom stereocenters. The Kier molecular flexibility index (Phi) is 8.15. The molecule has 0 aromatic heterocycles. The summed E-state index contributed by atoms with van der Waals surface area (Å²) in [6, 6.07) is 24.0. The van der Waals surface area contributed by atoms with Crippen LogP contribution in [0.15, 0.2) is 78.9 Å². The number of amides is 1. The smallest absolute Gasteiger partial charge is 0.344 e. The fourth-order valence-electron chi connectivity index (χ4n) is 3.07. The molecule has 6 heteroatoms. The Bertz CT molecular complexity index is 1060. The number of ketones is 1. The van der Waals surface area contributed by atoms with E-state index in [1.165, 1.54) is 0 Å². The second kappa shape index (κ2) is 11.5. The third-order valence-corrected chi connectivity index (χ3v) is 4.75. The molecule has 0 saturated carbocycles. The van der Waals surface area contributed by atoms with E-state index in [1.807, 2.05) is 54.6 Å². The van der Waals surface area contributed by atoms with Crippen LogP contribution in [0.2, 0.25) is 0 Å². The Hall–Kier alpha value is -3.93. The summed E-state index contributed by atoms with van der Waals surface area (Å²) in [5.74, 6) is -0.617. The van der Waals surface area contributed by atoms with E-state index in [0.717, 1.165) is 11.1 Å². The monoisotopic (exact) mass is 431 g/mol. The van der Waals surface area contributed by atoms with E-state index in [2.05, 4.69) is 5.32 Å². The highest BCUT2D eigenvalue weighted by atomic mass is 16.6. The molecule has 0 bridgehead atoms. The minimum atomic E-state index is -0.661. The standard InChI is InChI=1S/C26H25NO5/c1-2-24(28)20-12-14-22(15-13-20)31-18-26(30)32-17-25(29)27-23-11-7-6-10-21(23)16-19-8-4-3-5-9-19/h3-15H,2,16-18H2,1H3,(H,27,29). The van der Waals surface area contributed by atoms with E-state index < -0.39 is 18.5 Å². The van der Waals surface area contributed by atoms with Crippen molar-refractivity contribution in [3.8, 4) is 5.75 Å². The van der Waals surface area contributed by atoms with Gasteiger partial charge in [-0.05, 0) is 47.9 Å². The Morgan fingerprint density at radius 2 is 1.50 bits per heavy atom. The lowest BCUT2D eigenvalue weighted by molar-refractivity contribution is -0.149. The Balaban J connectivity index is 1.46. The van der Waals surface area contributed by atoms with E-state index in [4.69, 9.17) is 9.47 Å². The molecule has 3 rings (SSSR count). The molecular formula is C26H25NO5. The zero-order valence-electron chi connectivity index (χ0n) is 17.9. The summed E-state index contributed by atoms with van der Waals surface area (Å²) in [6.45, 7) is 1.05. The molecule has 0 aliphatic carbocycles. The van der Waals surface area contributed by atoms with Crippen LogP contribution in [0, 0.1) is 0 Å². The summed E-state index contributed by atoms with van der Waals surface area (Å²) < 4.78 is 10.4. The number of para-hydroxylation sites is 1. The maximum absolute atomic E-state index is 12.3. The lowest BCUT2D eigenvalue weighted by atomic mass is 10.0. The molecule has 0 heterocycles. The van der Waals surface area contributed by atoms with Gasteiger partial charge in [0.25, 0.3) is 5.91 Å². The number of esters is 1. The number of carbonyl (C=O) groups is 3. The molecule has 0 saturated heterocycles. The first-order valence-electron chi connectivity index (χ1n) is 10.4. The largest absolute Gasteiger partial charge is 0.482 e. The fraction of sp³-hybridized carbons (Fsp3) is 0.192. The minimum Gasteiger partial charge on any atom is -0.482 e. The summed E-state index contributed by atoms with van der Waals surface area (Å²) in [6.07, 6.45) is 1.10. The van der Waals surface area contributed by atoms with Crippen molar-refractivity contribution in [3.05, 3.63) is 95.6 Å². The van der Waals surface area contributed by atoms with Crippen molar-refractivity contribution < 1.29 is 23.9 Å². The molecule has 0 aliphatic rings. The number of benzene rings is 3. The third-order valence-electron chi connectivity index (χ3n) is 4.75. The Morgan fingerprint density at radius 3 is 2.22 bits per heavy atom. The van der Waals surface area contributed by atoms with Gasteiger partial charge in [-0.2, -0.15) is 0 Å². The summed E-state index contributed by atoms with van der Waals surface area (Å²) in [5, 5.41) is 2.79. The second-order valence-corrected chi connectivity index (χ2v) is 7.12. The number of hydrogen-bond donors (Lipinski definition) is 1. The topological polar surface area (TPSA) is 81.7 Å². The quantitative estimate of drug-likeness (QED) is 0.379. The highest BCUT2D eigenvalue weighted by Gasteiger charge is 2.11. The first kappa shape index (κ1) is 22.7. The van der Waals surface area contributed by atoms with Crippen molar-refractivity contribution in [2.24, 2.45) is 0 Å². The first-order chi connectivity index (χ1) is 15.5. The van der Waals surface area contributed by atoms with Crippen molar-refractivity contribution in [2.75, 3.05) is 18.5 Å². The molecular weight excluding hydrogens is 406 g/mol. The fourth-order valence-corrected chi connectivity index (χ4v) is 3.07. The molecule has 6 nitrogen and oxygen atoms in total. The molecule has 0 atom stereocenters. The van der Waals surface area contributed by atoms with Gasteiger partial charge in [0, 0.05) is 17.7 Å². The van der Waals surface area contributed by atoms with Gasteiger partial charge in [0.05, 0.1) is 0 Å². The molecule has 0 radical (unpaired) electrons. The van der Waals surface area contributed by atoms with Crippen molar-refractivity contribution >= 4 is 23.3 Å². The van der Waals surface area contributed by atoms with Crippen molar-refractivity contribution in [1.82, 2.24) is 0 Å². The normalized spacial score (nSPS) is 10.3. The van der Waals surface area contributed by atoms with E-state index in [-0.39, 0.29) is 12.4 Å². The molecule has 32 heavy (non-hydrogen) atoms. The first-order valence-corrected chi connectivity index (χ1v) is 10.4. The molecule has 164 valence electrons. The zero-order chi connectivity index (χ0) is 22.8. The van der Waals surface area contributed by atoms with Crippen LogP contribution in [0.3, 0.4) is 0 Å². The summed E-state index contributed by atoms with van der Waals surface area (Å²) in [4.78, 5) is 35.8. The maximum Gasteiger partial charge on any atom is 0.344 e. The van der Waals surface area contributed by atoms with Crippen LogP contribution in [0.4, 0.5) is 5.69 Å². The van der Waals surface area contributed by atoms with E-state index >= 15 is 0 Å². The van der Waals surface area contributed by atoms with Crippen LogP contribution in [-0.2, 0) is 20.7 Å². The third kappa shape index (κ3) is 6.80. The molecule has 0 fully saturated rings. The van der Waals surface area contributed by atoms with Gasteiger partial charge in [0.2, 0.25) is 0 Å². The maximum atomic E-state index is 12.3. The number of ether oxygens (including phenoxy) is 2. The van der Waals surface area contributed by atoms with E-state index in [9.17, 15) is 14.4 Å². The van der Waals surface area contributed by atoms with Crippen LogP contribution in [-0.4, -0.2) is 30.9 Å². The Labute approximate surface area is 187 Å². The number of hydrogen-bond acceptors (Lipinski definition) is 5. The van der Waals surface area contributed by atoms with Gasteiger partial charge in [0.1, 0.15) is 5.75 Å². The van der Waals surface area contributed by atoms with Crippen molar-refractivity contribution in [1.29, 1.82) is 0 Å². The summed E-state index contributed by atoms with van der Waals surface area (Å²) in [7, 11) is 0. The van der Waals surface area contributed by atoms with Gasteiger partial charge in [-0.1, -0.05) is 55.5 Å². The lowest BCUT2D eigenvalue weighted by Crippen LogP contribution is -2.24. The van der Waals surface area contributed by atoms with E-state index in [1.54, 1.807) is 31.2 Å². The minimum absolute atomic E-state index is 0.0346. The average molecular weight is 431 g/mol. The van der Waals surface area contributed by atoms with Gasteiger partial charge in [-0.25, -0.2) is 4.79 Å². The van der Waals surface area contributed by atoms with Crippen molar-refractivity contribution in [3.63, 3.8) is 0 Å². The van der Waals surface area contributed by atoms with Gasteiger partial charge in [-0.3, -0.25) is 9.59 Å². The number of carbonyl (C=O) groups excluding carboxylic acids is 3. The van der Waals surface area contributed by atoms with Crippen LogP contribution < -0.4 is 10.1 Å². The van der Waals surface area contributed by atoms with Gasteiger partial charge in [0.15, 0.2) is 19.0 Å². The highest BCUT2D eigenvalue weighted by molar-refractivity contribution is 5.96. The van der Waals surface area contributed by atoms with Gasteiger partial charge < -0.3 is 14.8 Å². The molecule has 1 amide bonds. The second-order valence-electron chi connectivity index (χ2n) is 7.12. The van der Waals surface area contributed by atoms with Crippen LogP contribution in [0.1, 0.15) is 34.8 Å². The number of nitrogens with one attached hydrogen (secondary N) is 1. The van der Waals surface area contributed by atoms with Crippen LogP contribution >= 0.6 is 0 Å². The van der Waals surface area contributed by atoms with Crippen LogP contribution in [0.5, 0.6) is 5.75 Å². The summed E-state index contributed by atoms with van der Waals surface area (Å²) in [5.41, 5.74) is 3.36. The summed E-state index contributed by atoms with van der Waals surface area (Å²) >= 11 is 0. The average Bonchev–Trinajstić information content (AvgIpc) is 2.83. The van der Waals surface area contributed by atoms with Crippen LogP contribution in [0.25, 0.3) is 0 Å². The predicted molar refractivity (Wildman–Crippen MR) is 122 cm³/mol. The zero-order valence-corrected chi connectivity index (χ0v) is 17.9. The molecule has 0 aliphatic heterocycles. The highest BCUT2D eigenvalue weighted by Crippen LogP contribution is 2.19. The predicted octanol–water partition coefficient (Wildman–Crippen LogP) is 4.43. The van der Waals surface area contributed by atoms with Gasteiger partial charge >= 0.3 is 5.97 Å². The van der Waals surface area contributed by atoms with E-state index in [0.29, 0.717) is 29.8 Å². The molecule has 3 aromatic rings. The number of rotatable bonds is 10. The lowest BCUT2D eigenvalue weighted by Gasteiger charge is -2.12. The number of Topliss-reactive ketones (excluding diaryl/α,β-unsaturated/α-hetero) is 1. The van der Waals surface area contributed by atoms with Gasteiger partial charge in [-0.15, -0.1) is 0 Å². The Morgan fingerprint density at radius 1 is 0.812 bits per heavy atom. The molecule has 3 aromatic carbocycles. The van der Waals surface area contributed by atoms with Crippen molar-refractivity contribution in [2.45, 2.75) is 19.8 Å². The molecule has 1 N–H and O–H groups in total. The number of anilines is 1.